The van der Waals surface area contributed by atoms with Crippen LogP contribution in [0.2, 0.25) is 0 Å². The third-order valence-corrected chi connectivity index (χ3v) is 6.50. The third-order valence-electron chi connectivity index (χ3n) is 6.50. The van der Waals surface area contributed by atoms with E-state index < -0.39 is 17.1 Å². The Labute approximate surface area is 205 Å². The van der Waals surface area contributed by atoms with Crippen molar-refractivity contribution in [1.29, 1.82) is 0 Å². The van der Waals surface area contributed by atoms with Gasteiger partial charge in [-0.1, -0.05) is 24.3 Å². The minimum Gasteiger partial charge on any atom is -0.493 e. The molecule has 0 saturated carbocycles. The Hall–Kier alpha value is -4.34. The van der Waals surface area contributed by atoms with Crippen LogP contribution in [-0.4, -0.2) is 37.3 Å². The van der Waals surface area contributed by atoms with Gasteiger partial charge in [0, 0.05) is 31.0 Å². The maximum absolute atomic E-state index is 14.3. The summed E-state index contributed by atoms with van der Waals surface area (Å²) in [6.07, 6.45) is 2.52. The number of aromatic nitrogens is 5. The number of nitrogens with zero attached hydrogens (tertiary/aromatic N) is 5. The summed E-state index contributed by atoms with van der Waals surface area (Å²) in [6.45, 7) is 2.37. The summed E-state index contributed by atoms with van der Waals surface area (Å²) in [4.78, 5) is 31.1. The van der Waals surface area contributed by atoms with Crippen LogP contribution in [0.5, 0.6) is 11.5 Å². The summed E-state index contributed by atoms with van der Waals surface area (Å²) in [5.41, 5.74) is 1.72. The van der Waals surface area contributed by atoms with Crippen LogP contribution in [0, 0.1) is 12.7 Å². The molecule has 0 radical (unpaired) electrons. The molecule has 0 spiro atoms. The fraction of sp³-hybridized carbons (Fsp3) is 0.269. The van der Waals surface area contributed by atoms with Crippen LogP contribution >= 0.6 is 0 Å². The molecule has 0 saturated heterocycles. The number of ether oxygens (including phenoxy) is 2. The molecule has 5 rings (SSSR count). The number of fused-ring (bicyclic) bond motifs is 3. The normalized spacial score (nSPS) is 11.5. The highest BCUT2D eigenvalue weighted by Crippen LogP contribution is 2.28. The zero-order valence-electron chi connectivity index (χ0n) is 20.5. The summed E-state index contributed by atoms with van der Waals surface area (Å²) < 4.78 is 31.1. The molecule has 9 nitrogen and oxygen atoms in total. The summed E-state index contributed by atoms with van der Waals surface area (Å²) in [7, 11) is 4.76. The van der Waals surface area contributed by atoms with Gasteiger partial charge in [0.05, 0.1) is 20.8 Å². The van der Waals surface area contributed by atoms with Gasteiger partial charge in [0.2, 0.25) is 5.78 Å². The number of methoxy groups -OCH3 is 2. The molecule has 3 aromatic heterocycles. The lowest BCUT2D eigenvalue weighted by Gasteiger charge is -2.10. The highest BCUT2D eigenvalue weighted by atomic mass is 19.1. The van der Waals surface area contributed by atoms with Crippen LogP contribution in [-0.2, 0) is 26.6 Å². The molecule has 0 aliphatic rings. The molecular weight excluding hydrogens is 465 g/mol. The van der Waals surface area contributed by atoms with Gasteiger partial charge in [-0.25, -0.2) is 9.18 Å². The molecule has 10 heteroatoms. The topological polar surface area (TPSA) is 84.7 Å². The van der Waals surface area contributed by atoms with Crippen molar-refractivity contribution in [1.82, 2.24) is 23.1 Å². The van der Waals surface area contributed by atoms with Crippen molar-refractivity contribution in [3.63, 3.8) is 0 Å². The fourth-order valence-electron chi connectivity index (χ4n) is 4.54. The van der Waals surface area contributed by atoms with Crippen molar-refractivity contribution in [3.05, 3.63) is 92.1 Å². The predicted octanol–water partition coefficient (Wildman–Crippen LogP) is 2.91. The first-order valence-corrected chi connectivity index (χ1v) is 11.5. The Morgan fingerprint density at radius 1 is 1.00 bits per heavy atom. The van der Waals surface area contributed by atoms with E-state index in [9.17, 15) is 14.0 Å². The van der Waals surface area contributed by atoms with E-state index in [0.717, 1.165) is 15.8 Å². The van der Waals surface area contributed by atoms with Gasteiger partial charge in [-0.05, 0) is 37.1 Å². The summed E-state index contributed by atoms with van der Waals surface area (Å²) in [5.74, 6) is 1.40. The van der Waals surface area contributed by atoms with Crippen molar-refractivity contribution in [2.24, 2.45) is 7.05 Å². The van der Waals surface area contributed by atoms with Crippen molar-refractivity contribution >= 4 is 16.9 Å². The van der Waals surface area contributed by atoms with Crippen molar-refractivity contribution < 1.29 is 13.9 Å². The van der Waals surface area contributed by atoms with Crippen LogP contribution in [0.3, 0.4) is 0 Å². The van der Waals surface area contributed by atoms with E-state index in [4.69, 9.17) is 9.47 Å². The molecule has 0 aliphatic heterocycles. The highest BCUT2D eigenvalue weighted by Gasteiger charge is 2.21. The second-order valence-electron chi connectivity index (χ2n) is 8.64. The number of benzene rings is 2. The quantitative estimate of drug-likeness (QED) is 0.350. The Morgan fingerprint density at radius 3 is 2.47 bits per heavy atom. The molecule has 3 heterocycles. The third kappa shape index (κ3) is 3.74. The molecular formula is C26H26FN5O4. The maximum Gasteiger partial charge on any atom is 0.332 e. The Balaban J connectivity index is 1.58. The van der Waals surface area contributed by atoms with Crippen LogP contribution < -0.4 is 20.7 Å². The van der Waals surface area contributed by atoms with Crippen LogP contribution in [0.15, 0.2) is 58.3 Å². The average molecular weight is 492 g/mol. The van der Waals surface area contributed by atoms with Gasteiger partial charge < -0.3 is 14.0 Å². The summed E-state index contributed by atoms with van der Waals surface area (Å²) in [5, 5.41) is 0. The molecule has 0 aliphatic carbocycles. The SMILES string of the molecule is COc1ccc(CCn2c(C)cn3c4c(=O)n(Cc5ccccc5F)c(=O)n(C)c4nc23)cc1OC. The zero-order chi connectivity index (χ0) is 25.6. The molecule has 0 atom stereocenters. The Morgan fingerprint density at radius 2 is 1.75 bits per heavy atom. The molecule has 0 bridgehead atoms. The van der Waals surface area contributed by atoms with E-state index >= 15 is 0 Å². The van der Waals surface area contributed by atoms with Crippen LogP contribution in [0.1, 0.15) is 16.8 Å². The highest BCUT2D eigenvalue weighted by molar-refractivity contribution is 5.75. The van der Waals surface area contributed by atoms with Gasteiger partial charge in [-0.15, -0.1) is 0 Å². The van der Waals surface area contributed by atoms with Crippen LogP contribution in [0.4, 0.5) is 4.39 Å². The smallest absolute Gasteiger partial charge is 0.332 e. The standard InChI is InChI=1S/C26H26FN5O4/c1-16-14-31-22-23(29(2)26(34)32(24(22)33)15-18-7-5-6-8-19(18)27)28-25(31)30(16)12-11-17-9-10-20(35-3)21(13-17)36-4/h5-10,13-14H,11-12,15H2,1-4H3. The van der Waals surface area contributed by atoms with Gasteiger partial charge in [0.15, 0.2) is 22.7 Å². The predicted molar refractivity (Wildman–Crippen MR) is 134 cm³/mol. The molecule has 0 N–H and O–H groups in total. The first-order chi connectivity index (χ1) is 17.3. The minimum absolute atomic E-state index is 0.166. The largest absolute Gasteiger partial charge is 0.493 e. The van der Waals surface area contributed by atoms with Gasteiger partial charge >= 0.3 is 5.69 Å². The number of imidazole rings is 2. The lowest BCUT2D eigenvalue weighted by atomic mass is 10.1. The first kappa shape index (κ1) is 23.4. The average Bonchev–Trinajstić information content (AvgIpc) is 3.39. The molecule has 0 fully saturated rings. The number of hydrogen-bond donors (Lipinski definition) is 0. The van der Waals surface area contributed by atoms with Gasteiger partial charge in [-0.3, -0.25) is 18.3 Å². The van der Waals surface area contributed by atoms with Crippen molar-refractivity contribution in [2.75, 3.05) is 14.2 Å². The van der Waals surface area contributed by atoms with Gasteiger partial charge in [-0.2, -0.15) is 4.98 Å². The van der Waals surface area contributed by atoms with E-state index in [1.54, 1.807) is 43.9 Å². The number of aryl methyl sites for hydroxylation is 4. The fourth-order valence-corrected chi connectivity index (χ4v) is 4.54. The summed E-state index contributed by atoms with van der Waals surface area (Å²) >= 11 is 0. The Kier molecular flexibility index (Phi) is 5.87. The molecule has 186 valence electrons. The molecule has 0 amide bonds. The Bertz CT molecular complexity index is 1730. The minimum atomic E-state index is -0.551. The molecule has 5 aromatic rings. The second kappa shape index (κ2) is 9.03. The first-order valence-electron chi connectivity index (χ1n) is 11.5. The van der Waals surface area contributed by atoms with Crippen LogP contribution in [0.25, 0.3) is 16.9 Å². The number of halogens is 1. The zero-order valence-corrected chi connectivity index (χ0v) is 20.5. The summed E-state index contributed by atoms with van der Waals surface area (Å²) in [6, 6.07) is 11.9. The molecule has 36 heavy (non-hydrogen) atoms. The lowest BCUT2D eigenvalue weighted by molar-refractivity contribution is 0.354. The van der Waals surface area contributed by atoms with Gasteiger partial charge in [0.25, 0.3) is 5.56 Å². The van der Waals surface area contributed by atoms with E-state index in [0.29, 0.717) is 30.2 Å². The van der Waals surface area contributed by atoms with Crippen molar-refractivity contribution in [2.45, 2.75) is 26.4 Å². The van der Waals surface area contributed by atoms with Crippen molar-refractivity contribution in [3.8, 4) is 11.5 Å². The molecule has 2 aromatic carbocycles. The second-order valence-corrected chi connectivity index (χ2v) is 8.64. The maximum atomic E-state index is 14.3. The molecule has 0 unspecified atom stereocenters. The monoisotopic (exact) mass is 491 g/mol. The lowest BCUT2D eigenvalue weighted by Crippen LogP contribution is -2.39. The van der Waals surface area contributed by atoms with E-state index in [1.165, 1.54) is 10.6 Å². The number of hydrogen-bond acceptors (Lipinski definition) is 5. The van der Waals surface area contributed by atoms with Gasteiger partial charge in [0.1, 0.15) is 5.82 Å². The van der Waals surface area contributed by atoms with E-state index in [-0.39, 0.29) is 23.3 Å². The number of rotatable bonds is 7. The van der Waals surface area contributed by atoms with E-state index in [2.05, 4.69) is 4.98 Å². The van der Waals surface area contributed by atoms with E-state index in [1.807, 2.05) is 35.9 Å².